The van der Waals surface area contributed by atoms with E-state index in [4.69, 9.17) is 4.74 Å². The van der Waals surface area contributed by atoms with E-state index in [-0.39, 0.29) is 36.8 Å². The van der Waals surface area contributed by atoms with E-state index in [1.807, 2.05) is 0 Å². The van der Waals surface area contributed by atoms with E-state index in [0.29, 0.717) is 11.3 Å². The van der Waals surface area contributed by atoms with Crippen LogP contribution in [0.4, 0.5) is 10.1 Å². The van der Waals surface area contributed by atoms with Gasteiger partial charge in [0.25, 0.3) is 5.91 Å². The van der Waals surface area contributed by atoms with Gasteiger partial charge in [0.2, 0.25) is 11.8 Å². The van der Waals surface area contributed by atoms with Crippen molar-refractivity contribution < 1.29 is 28.3 Å². The van der Waals surface area contributed by atoms with Gasteiger partial charge in [0.05, 0.1) is 11.3 Å². The molecule has 1 aliphatic heterocycles. The van der Waals surface area contributed by atoms with Crippen molar-refractivity contribution >= 4 is 29.4 Å². The second kappa shape index (κ2) is 8.43. The SMILES string of the molecule is O=C(COC(=O)c1ccc(N2C(=O)CCC2=O)cc1)NCc1ccccc1F. The van der Waals surface area contributed by atoms with Gasteiger partial charge in [-0.05, 0) is 30.3 Å². The minimum atomic E-state index is -0.730. The molecule has 1 N–H and O–H groups in total. The van der Waals surface area contributed by atoms with E-state index in [1.165, 1.54) is 30.3 Å². The number of imide groups is 1. The fraction of sp³-hybridized carbons (Fsp3) is 0.200. The first-order chi connectivity index (χ1) is 13.5. The second-order valence-corrected chi connectivity index (χ2v) is 6.11. The third kappa shape index (κ3) is 4.40. The Morgan fingerprint density at radius 1 is 1.00 bits per heavy atom. The van der Waals surface area contributed by atoms with Gasteiger partial charge in [-0.25, -0.2) is 9.18 Å². The average molecular weight is 384 g/mol. The third-order valence-corrected chi connectivity index (χ3v) is 4.18. The number of carbonyl (C=O) groups excluding carboxylic acids is 4. The summed E-state index contributed by atoms with van der Waals surface area (Å²) in [5.41, 5.74) is 0.875. The molecule has 1 saturated heterocycles. The quantitative estimate of drug-likeness (QED) is 0.607. The molecular formula is C20H17FN2O5. The van der Waals surface area contributed by atoms with E-state index < -0.39 is 24.3 Å². The number of rotatable bonds is 6. The zero-order chi connectivity index (χ0) is 20.1. The minimum Gasteiger partial charge on any atom is -0.452 e. The molecule has 0 bridgehead atoms. The van der Waals surface area contributed by atoms with E-state index in [0.717, 1.165) is 4.90 Å². The van der Waals surface area contributed by atoms with Crippen LogP contribution in [0.5, 0.6) is 0 Å². The summed E-state index contributed by atoms with van der Waals surface area (Å²) >= 11 is 0. The maximum absolute atomic E-state index is 13.5. The highest BCUT2D eigenvalue weighted by Crippen LogP contribution is 2.22. The molecule has 3 rings (SSSR count). The number of halogens is 1. The number of anilines is 1. The Morgan fingerprint density at radius 2 is 1.64 bits per heavy atom. The lowest BCUT2D eigenvalue weighted by Gasteiger charge is -2.14. The van der Waals surface area contributed by atoms with E-state index in [9.17, 15) is 23.6 Å². The standard InChI is InChI=1S/C20H17FN2O5/c21-16-4-2-1-3-14(16)11-22-17(24)12-28-20(27)13-5-7-15(8-6-13)23-18(25)9-10-19(23)26/h1-8H,9-12H2,(H,22,24). The highest BCUT2D eigenvalue weighted by molar-refractivity contribution is 6.19. The van der Waals surface area contributed by atoms with E-state index in [1.54, 1.807) is 18.2 Å². The Kier molecular flexibility index (Phi) is 5.78. The first-order valence-corrected chi connectivity index (χ1v) is 8.59. The van der Waals surface area contributed by atoms with Crippen molar-refractivity contribution in [1.29, 1.82) is 0 Å². The first-order valence-electron chi connectivity index (χ1n) is 8.59. The fourth-order valence-corrected chi connectivity index (χ4v) is 2.71. The van der Waals surface area contributed by atoms with Crippen LogP contribution in [-0.4, -0.2) is 30.3 Å². The van der Waals surface area contributed by atoms with Crippen molar-refractivity contribution in [3.63, 3.8) is 0 Å². The number of hydrogen-bond donors (Lipinski definition) is 1. The molecule has 8 heteroatoms. The van der Waals surface area contributed by atoms with Gasteiger partial charge in [0.1, 0.15) is 5.82 Å². The molecule has 0 atom stereocenters. The maximum atomic E-state index is 13.5. The maximum Gasteiger partial charge on any atom is 0.338 e. The lowest BCUT2D eigenvalue weighted by molar-refractivity contribution is -0.124. The second-order valence-electron chi connectivity index (χ2n) is 6.11. The Labute approximate surface area is 160 Å². The molecule has 1 fully saturated rings. The highest BCUT2D eigenvalue weighted by atomic mass is 19.1. The zero-order valence-electron chi connectivity index (χ0n) is 14.8. The Balaban J connectivity index is 1.50. The van der Waals surface area contributed by atoms with Crippen LogP contribution >= 0.6 is 0 Å². The van der Waals surface area contributed by atoms with Crippen LogP contribution in [-0.2, 0) is 25.7 Å². The number of benzene rings is 2. The molecule has 0 radical (unpaired) electrons. The first kappa shape index (κ1) is 19.2. The summed E-state index contributed by atoms with van der Waals surface area (Å²) in [6, 6.07) is 11.8. The lowest BCUT2D eigenvalue weighted by atomic mass is 10.2. The van der Waals surface area contributed by atoms with Crippen molar-refractivity contribution in [2.45, 2.75) is 19.4 Å². The minimum absolute atomic E-state index is 0.0182. The summed E-state index contributed by atoms with van der Waals surface area (Å²) in [5, 5.41) is 2.46. The summed E-state index contributed by atoms with van der Waals surface area (Å²) in [7, 11) is 0. The normalized spacial score (nSPS) is 13.5. The molecule has 2 aromatic rings. The molecular weight excluding hydrogens is 367 g/mol. The van der Waals surface area contributed by atoms with Crippen molar-refractivity contribution in [2.75, 3.05) is 11.5 Å². The molecule has 1 heterocycles. The number of nitrogens with one attached hydrogen (secondary N) is 1. The van der Waals surface area contributed by atoms with Gasteiger partial charge >= 0.3 is 5.97 Å². The Hall–Kier alpha value is -3.55. The van der Waals surface area contributed by atoms with E-state index >= 15 is 0 Å². The van der Waals surface area contributed by atoms with Gasteiger partial charge in [-0.15, -0.1) is 0 Å². The third-order valence-electron chi connectivity index (χ3n) is 4.18. The molecule has 0 aliphatic carbocycles. The molecule has 3 amide bonds. The number of amides is 3. The molecule has 0 unspecified atom stereocenters. The molecule has 1 aliphatic rings. The molecule has 0 spiro atoms. The van der Waals surface area contributed by atoms with Crippen molar-refractivity contribution in [2.24, 2.45) is 0 Å². The summed E-state index contributed by atoms with van der Waals surface area (Å²) in [6.45, 7) is -0.534. The van der Waals surface area contributed by atoms with Gasteiger partial charge in [0, 0.05) is 24.9 Å². The van der Waals surface area contributed by atoms with Crippen LogP contribution in [0.15, 0.2) is 48.5 Å². The highest BCUT2D eigenvalue weighted by Gasteiger charge is 2.30. The lowest BCUT2D eigenvalue weighted by Crippen LogP contribution is -2.29. The van der Waals surface area contributed by atoms with E-state index in [2.05, 4.69) is 5.32 Å². The fourth-order valence-electron chi connectivity index (χ4n) is 2.71. The topological polar surface area (TPSA) is 92.8 Å². The van der Waals surface area contributed by atoms with Crippen LogP contribution in [0.3, 0.4) is 0 Å². The summed E-state index contributed by atoms with van der Waals surface area (Å²) < 4.78 is 18.4. The molecule has 7 nitrogen and oxygen atoms in total. The van der Waals surface area contributed by atoms with Crippen LogP contribution in [0.1, 0.15) is 28.8 Å². The number of esters is 1. The Bertz CT molecular complexity index is 910. The van der Waals surface area contributed by atoms with Gasteiger partial charge in [-0.1, -0.05) is 18.2 Å². The van der Waals surface area contributed by atoms with Crippen LogP contribution < -0.4 is 10.2 Å². The largest absolute Gasteiger partial charge is 0.452 e. The Morgan fingerprint density at radius 3 is 2.29 bits per heavy atom. The predicted octanol–water partition coefficient (Wildman–Crippen LogP) is 1.95. The van der Waals surface area contributed by atoms with Gasteiger partial charge in [-0.3, -0.25) is 19.3 Å². The molecule has 28 heavy (non-hydrogen) atoms. The number of hydrogen-bond acceptors (Lipinski definition) is 5. The number of ether oxygens (including phenoxy) is 1. The monoisotopic (exact) mass is 384 g/mol. The van der Waals surface area contributed by atoms with Crippen LogP contribution in [0.2, 0.25) is 0 Å². The van der Waals surface area contributed by atoms with Crippen molar-refractivity contribution in [3.8, 4) is 0 Å². The molecule has 0 aromatic heterocycles. The van der Waals surface area contributed by atoms with Gasteiger partial charge < -0.3 is 10.1 Å². The summed E-state index contributed by atoms with van der Waals surface area (Å²) in [4.78, 5) is 48.3. The van der Waals surface area contributed by atoms with Crippen LogP contribution in [0.25, 0.3) is 0 Å². The van der Waals surface area contributed by atoms with Crippen molar-refractivity contribution in [1.82, 2.24) is 5.32 Å². The smallest absolute Gasteiger partial charge is 0.338 e. The zero-order valence-corrected chi connectivity index (χ0v) is 14.8. The summed E-state index contributed by atoms with van der Waals surface area (Å²) in [6.07, 6.45) is 0.342. The molecule has 144 valence electrons. The van der Waals surface area contributed by atoms with Crippen LogP contribution in [0, 0.1) is 5.82 Å². The number of carbonyl (C=O) groups is 4. The molecule has 2 aromatic carbocycles. The van der Waals surface area contributed by atoms with Crippen molar-refractivity contribution in [3.05, 3.63) is 65.5 Å². The predicted molar refractivity (Wildman–Crippen MR) is 96.7 cm³/mol. The average Bonchev–Trinajstić information content (AvgIpc) is 3.04. The van der Waals surface area contributed by atoms with Gasteiger partial charge in [-0.2, -0.15) is 0 Å². The number of nitrogens with zero attached hydrogens (tertiary/aromatic N) is 1. The molecule has 0 saturated carbocycles. The summed E-state index contributed by atoms with van der Waals surface area (Å²) in [5.74, 6) is -2.30. The van der Waals surface area contributed by atoms with Gasteiger partial charge in [0.15, 0.2) is 6.61 Å².